The van der Waals surface area contributed by atoms with Gasteiger partial charge in [0.05, 0.1) is 17.1 Å². The zero-order valence-electron chi connectivity index (χ0n) is 32.8. The van der Waals surface area contributed by atoms with E-state index in [2.05, 4.69) is 0 Å². The van der Waals surface area contributed by atoms with Crippen LogP contribution < -0.4 is 10.2 Å². The fraction of sp³-hybridized carbons (Fsp3) is 0.667. The van der Waals surface area contributed by atoms with E-state index in [1.807, 2.05) is 4.90 Å². The van der Waals surface area contributed by atoms with Gasteiger partial charge in [-0.15, -0.1) is 0 Å². The van der Waals surface area contributed by atoms with Gasteiger partial charge in [-0.3, -0.25) is 4.90 Å². The fourth-order valence-corrected chi connectivity index (χ4v) is 3.12. The minimum absolute atomic E-state index is 0.0722. The predicted octanol–water partition coefficient (Wildman–Crippen LogP) is 4.34. The van der Waals surface area contributed by atoms with Gasteiger partial charge in [-0.05, 0) is 56.4 Å². The van der Waals surface area contributed by atoms with Crippen molar-refractivity contribution >= 4 is 34.9 Å². The van der Waals surface area contributed by atoms with Crippen molar-refractivity contribution in [3.8, 4) is 0 Å². The van der Waals surface area contributed by atoms with Crippen molar-refractivity contribution < 1.29 is 29.5 Å². The van der Waals surface area contributed by atoms with Crippen LogP contribution >= 0.6 is 23.2 Å². The van der Waals surface area contributed by atoms with Crippen LogP contribution in [0.25, 0.3) is 0 Å². The molecule has 7 heteroatoms. The van der Waals surface area contributed by atoms with E-state index in [4.69, 9.17) is 47.9 Å². The molecule has 28 heavy (non-hydrogen) atoms. The van der Waals surface area contributed by atoms with Crippen LogP contribution in [0.1, 0.15) is 56.5 Å². The summed E-state index contributed by atoms with van der Waals surface area (Å²) in [7, 11) is 0. The minimum Gasteiger partial charge on any atom is -0.368 e. The standard InChI is InChI=1S/C21H32Cl2N4O/c1-25(2)21(28)24-17-8-6-16(7-9-17)10-11-26-12-14-27(15-13-26)19-5-3-4-18(22)20(19)23/h3-5,16-17H,6-15H2,1-2H3,(H,24,28)/i1D3,2D3,6D2,7D2,8D2,9D2,10D2,16D,17D. The Balaban J connectivity index is 2.02. The van der Waals surface area contributed by atoms with E-state index in [-0.39, 0.29) is 31.2 Å². The highest BCUT2D eigenvalue weighted by molar-refractivity contribution is 6.43. The highest BCUT2D eigenvalue weighted by Gasteiger charge is 2.24. The highest BCUT2D eigenvalue weighted by atomic mass is 35.5. The van der Waals surface area contributed by atoms with Crippen LogP contribution in [0.4, 0.5) is 10.5 Å². The number of carbonyl (C=O) groups excluding carboxylic acids is 1. The smallest absolute Gasteiger partial charge is 0.317 e. The van der Waals surface area contributed by atoms with Gasteiger partial charge in [0.1, 0.15) is 0 Å². The van der Waals surface area contributed by atoms with Crippen molar-refractivity contribution in [3.63, 3.8) is 0 Å². The van der Waals surface area contributed by atoms with Crippen molar-refractivity contribution in [1.82, 2.24) is 15.1 Å². The zero-order chi connectivity index (χ0) is 35.9. The summed E-state index contributed by atoms with van der Waals surface area (Å²) in [6, 6.07) is -1.44. The number of piperazine rings is 1. The van der Waals surface area contributed by atoms with E-state index in [1.54, 1.807) is 18.2 Å². The second-order valence-corrected chi connectivity index (χ2v) is 6.81. The summed E-state index contributed by atoms with van der Waals surface area (Å²) < 4.78 is 148. The summed E-state index contributed by atoms with van der Waals surface area (Å²) in [5.41, 5.74) is 0.583. The first-order valence-corrected chi connectivity index (χ1v) is 9.16. The third-order valence-electron chi connectivity index (χ3n) is 4.18. The Morgan fingerprint density at radius 1 is 1.29 bits per heavy atom. The summed E-state index contributed by atoms with van der Waals surface area (Å²) in [6.45, 7) is -7.79. The monoisotopic (exact) mass is 444 g/mol. The van der Waals surface area contributed by atoms with Crippen molar-refractivity contribution in [2.24, 2.45) is 5.89 Å². The third kappa shape index (κ3) is 5.68. The molecule has 0 bridgehead atoms. The van der Waals surface area contributed by atoms with Gasteiger partial charge in [-0.2, -0.15) is 0 Å². The minimum atomic E-state index is -4.18. The molecule has 5 nitrogen and oxygen atoms in total. The Kier molecular flexibility index (Phi) is 2.93. The molecule has 2 aliphatic rings. The average molecular weight is 446 g/mol. The Hall–Kier alpha value is -1.17. The summed E-state index contributed by atoms with van der Waals surface area (Å²) >= 11 is 12.4. The lowest BCUT2D eigenvalue weighted by Gasteiger charge is -2.37. The largest absolute Gasteiger partial charge is 0.368 e. The second-order valence-electron chi connectivity index (χ2n) is 6.03. The first-order valence-electron chi connectivity index (χ1n) is 17.4. The van der Waals surface area contributed by atoms with Crippen LogP contribution in [0.2, 0.25) is 10.0 Å². The summed E-state index contributed by atoms with van der Waals surface area (Å²) in [4.78, 5) is 15.4. The first kappa shape index (κ1) is 8.16. The SMILES string of the molecule is [2H]C([2H])([2H])N(C(=O)NC1([2H])C([2H])([2H])C([2H])([2H])C([2H])(C([2H])([2H])CN2CCN(c3cccc(Cl)c3Cl)CC2)C([2H])([2H])C1([2H])[2H])C([2H])([2H])[2H]. The van der Waals surface area contributed by atoms with E-state index in [0.717, 1.165) is 0 Å². The molecule has 1 aromatic rings. The predicted molar refractivity (Wildman–Crippen MR) is 118 cm³/mol. The molecule has 0 atom stereocenters. The Bertz CT molecular complexity index is 1290. The number of halogens is 2. The second kappa shape index (κ2) is 10.0. The molecule has 0 spiro atoms. The molecule has 0 aromatic heterocycles. The van der Waals surface area contributed by atoms with Gasteiger partial charge < -0.3 is 15.1 Å². The summed E-state index contributed by atoms with van der Waals surface area (Å²) in [5, 5.41) is 1.83. The number of nitrogens with zero attached hydrogens (tertiary/aromatic N) is 3. The molecule has 1 saturated heterocycles. The molecule has 1 saturated carbocycles. The molecule has 0 radical (unpaired) electrons. The van der Waals surface area contributed by atoms with Crippen molar-refractivity contribution in [1.29, 1.82) is 0 Å². The van der Waals surface area contributed by atoms with E-state index in [9.17, 15) is 4.79 Å². The maximum absolute atomic E-state index is 12.9. The normalized spacial score (nSPS) is 46.9. The molecule has 156 valence electrons. The number of urea groups is 1. The Labute approximate surface area is 204 Å². The number of amides is 2. The van der Waals surface area contributed by atoms with E-state index in [0.29, 0.717) is 10.7 Å². The van der Waals surface area contributed by atoms with Crippen molar-refractivity contribution in [2.45, 2.75) is 37.9 Å². The van der Waals surface area contributed by atoms with Crippen LogP contribution in [-0.4, -0.2) is 68.5 Å². The quantitative estimate of drug-likeness (QED) is 0.733. The molecule has 1 N–H and O–H groups in total. The van der Waals surface area contributed by atoms with Crippen LogP contribution in [0.5, 0.6) is 0 Å². The molecule has 2 fully saturated rings. The molecule has 1 heterocycles. The van der Waals surface area contributed by atoms with Crippen LogP contribution in [0.3, 0.4) is 0 Å². The van der Waals surface area contributed by atoms with Crippen molar-refractivity contribution in [2.75, 3.05) is 51.6 Å². The van der Waals surface area contributed by atoms with E-state index in [1.165, 1.54) is 10.2 Å². The highest BCUT2D eigenvalue weighted by Crippen LogP contribution is 2.33. The lowest BCUT2D eigenvalue weighted by Crippen LogP contribution is -2.47. The van der Waals surface area contributed by atoms with Gasteiger partial charge in [0.15, 0.2) is 0 Å². The number of benzene rings is 1. The molecule has 2 amide bonds. The van der Waals surface area contributed by atoms with Gasteiger partial charge in [-0.1, -0.05) is 29.3 Å². The zero-order valence-corrected chi connectivity index (χ0v) is 16.3. The lowest BCUT2D eigenvalue weighted by atomic mass is 9.84. The lowest BCUT2D eigenvalue weighted by molar-refractivity contribution is 0.194. The number of nitrogens with one attached hydrogen (secondary N) is 1. The van der Waals surface area contributed by atoms with Crippen LogP contribution in [-0.2, 0) is 0 Å². The van der Waals surface area contributed by atoms with Crippen molar-refractivity contribution in [3.05, 3.63) is 28.2 Å². The number of anilines is 1. The van der Waals surface area contributed by atoms with Gasteiger partial charge in [0.2, 0.25) is 0 Å². The molecule has 1 aliphatic carbocycles. The molecular weight excluding hydrogens is 395 g/mol. The van der Waals surface area contributed by atoms with Gasteiger partial charge in [0.25, 0.3) is 0 Å². The fourth-order valence-electron chi connectivity index (χ4n) is 2.70. The maximum Gasteiger partial charge on any atom is 0.317 e. The topological polar surface area (TPSA) is 38.8 Å². The third-order valence-corrected chi connectivity index (χ3v) is 4.99. The molecule has 1 aromatic carbocycles. The summed E-state index contributed by atoms with van der Waals surface area (Å²) in [5.74, 6) is -3.96. The number of carbonyl (C=O) groups is 1. The Morgan fingerprint density at radius 3 is 2.68 bits per heavy atom. The number of hydrogen-bond acceptors (Lipinski definition) is 3. The van der Waals surface area contributed by atoms with E-state index >= 15 is 0 Å². The van der Waals surface area contributed by atoms with E-state index < -0.39 is 75.2 Å². The summed E-state index contributed by atoms with van der Waals surface area (Å²) in [6.07, 6.45) is -20.0. The number of rotatable bonds is 5. The van der Waals surface area contributed by atoms with Gasteiger partial charge in [-0.25, -0.2) is 4.79 Å². The molecule has 3 rings (SSSR count). The molecule has 1 aliphatic heterocycles. The first-order chi connectivity index (χ1) is 20.4. The average Bonchev–Trinajstić information content (AvgIpc) is 2.87. The molecule has 0 unspecified atom stereocenters. The molecular formula is C21H32Cl2N4O. The van der Waals surface area contributed by atoms with Crippen LogP contribution in [0.15, 0.2) is 18.2 Å². The van der Waals surface area contributed by atoms with Crippen LogP contribution in [0, 0.1) is 5.89 Å². The number of hydrogen-bond donors (Lipinski definition) is 1. The Morgan fingerprint density at radius 2 is 2.00 bits per heavy atom. The maximum atomic E-state index is 12.9. The van der Waals surface area contributed by atoms with Gasteiger partial charge >= 0.3 is 6.03 Å². The van der Waals surface area contributed by atoms with Gasteiger partial charge in [0, 0.05) is 69.5 Å².